The third kappa shape index (κ3) is 3.67. The van der Waals surface area contributed by atoms with Crippen molar-refractivity contribution in [3.8, 4) is 17.2 Å². The molecule has 0 aromatic heterocycles. The van der Waals surface area contributed by atoms with Gasteiger partial charge in [-0.15, -0.1) is 0 Å². The summed E-state index contributed by atoms with van der Waals surface area (Å²) < 4.78 is 16.0. The quantitative estimate of drug-likeness (QED) is 0.439. The first kappa shape index (κ1) is 19.4. The maximum atomic E-state index is 12.2. The molecule has 28 heavy (non-hydrogen) atoms. The number of carbonyl (C=O) groups is 1. The fourth-order valence-electron chi connectivity index (χ4n) is 2.76. The van der Waals surface area contributed by atoms with Gasteiger partial charge in [0.2, 0.25) is 5.75 Å². The van der Waals surface area contributed by atoms with Gasteiger partial charge in [-0.2, -0.15) is 5.23 Å². The zero-order valence-electron chi connectivity index (χ0n) is 15.4. The number of rotatable bonds is 6. The van der Waals surface area contributed by atoms with Gasteiger partial charge >= 0.3 is 5.97 Å². The zero-order valence-corrected chi connectivity index (χ0v) is 15.4. The Kier molecular flexibility index (Phi) is 5.59. The van der Waals surface area contributed by atoms with Crippen LogP contribution in [0.1, 0.15) is 11.1 Å². The molecule has 1 aliphatic heterocycles. The van der Waals surface area contributed by atoms with Crippen LogP contribution < -0.4 is 19.4 Å². The largest absolute Gasteiger partial charge is 0.595 e. The van der Waals surface area contributed by atoms with Crippen LogP contribution in [0.5, 0.6) is 17.2 Å². The SMILES string of the molecule is COc1cc(C2=NOC(=O)C2=Cc2cccc([NH+]([O-])O)c2)cc(OC)c1OC. The molecule has 0 radical (unpaired) electrons. The van der Waals surface area contributed by atoms with Crippen LogP contribution in [0.15, 0.2) is 47.1 Å². The summed E-state index contributed by atoms with van der Waals surface area (Å²) in [6, 6.07) is 9.47. The summed E-state index contributed by atoms with van der Waals surface area (Å²) >= 11 is 0. The molecule has 0 spiro atoms. The maximum absolute atomic E-state index is 12.2. The molecule has 0 bridgehead atoms. The van der Waals surface area contributed by atoms with Crippen LogP contribution in [0.25, 0.3) is 6.08 Å². The van der Waals surface area contributed by atoms with Crippen molar-refractivity contribution in [2.75, 3.05) is 21.3 Å². The summed E-state index contributed by atoms with van der Waals surface area (Å²) in [6.07, 6.45) is 1.52. The highest BCUT2D eigenvalue weighted by atomic mass is 16.8. The van der Waals surface area contributed by atoms with Crippen molar-refractivity contribution in [2.24, 2.45) is 5.16 Å². The lowest BCUT2D eigenvalue weighted by atomic mass is 9.99. The van der Waals surface area contributed by atoms with Gasteiger partial charge < -0.3 is 24.3 Å². The molecule has 0 aliphatic carbocycles. The molecule has 9 nitrogen and oxygen atoms in total. The lowest BCUT2D eigenvalue weighted by molar-refractivity contribution is -0.991. The van der Waals surface area contributed by atoms with Crippen molar-refractivity contribution in [3.63, 3.8) is 0 Å². The standard InChI is InChI=1S/C19H18N2O7/c1-25-15-9-12(10-16(26-2)18(15)27-3)17-14(19(22)28-20-17)8-11-5-4-6-13(7-11)21(23)24/h4-10,21,23H,1-3H3. The predicted octanol–water partition coefficient (Wildman–Crippen LogP) is 1.46. The Balaban J connectivity index is 2.07. The Bertz CT molecular complexity index is 941. The molecule has 2 N–H and O–H groups in total. The predicted molar refractivity (Wildman–Crippen MR) is 98.9 cm³/mol. The third-order valence-electron chi connectivity index (χ3n) is 4.08. The number of oxime groups is 1. The maximum Gasteiger partial charge on any atom is 0.368 e. The molecule has 1 heterocycles. The van der Waals surface area contributed by atoms with Gasteiger partial charge in [-0.05, 0) is 23.8 Å². The number of nitrogens with zero attached hydrogens (tertiary/aromatic N) is 1. The molecule has 9 heteroatoms. The van der Waals surface area contributed by atoms with E-state index in [-0.39, 0.29) is 17.0 Å². The number of quaternary nitrogens is 1. The summed E-state index contributed by atoms with van der Waals surface area (Å²) in [5.74, 6) is 0.543. The van der Waals surface area contributed by atoms with Crippen molar-refractivity contribution in [2.45, 2.75) is 0 Å². The average Bonchev–Trinajstić information content (AvgIpc) is 3.07. The molecule has 3 rings (SSSR count). The summed E-state index contributed by atoms with van der Waals surface area (Å²) in [5.41, 5.74) is 1.59. The molecule has 1 unspecified atom stereocenters. The molecule has 2 aromatic rings. The fraction of sp³-hybridized carbons (Fsp3) is 0.158. The van der Waals surface area contributed by atoms with Gasteiger partial charge in [-0.3, -0.25) is 0 Å². The van der Waals surface area contributed by atoms with E-state index in [1.165, 1.54) is 39.5 Å². The van der Waals surface area contributed by atoms with E-state index in [1.54, 1.807) is 24.3 Å². The fourth-order valence-corrected chi connectivity index (χ4v) is 2.76. The first-order valence-electron chi connectivity index (χ1n) is 8.13. The normalized spacial score (nSPS) is 15.8. The second-order valence-corrected chi connectivity index (χ2v) is 5.72. The summed E-state index contributed by atoms with van der Waals surface area (Å²) in [4.78, 5) is 17.0. The minimum Gasteiger partial charge on any atom is -0.595 e. The van der Waals surface area contributed by atoms with Crippen LogP contribution >= 0.6 is 0 Å². The topological polar surface area (TPSA) is 114 Å². The van der Waals surface area contributed by atoms with Crippen molar-refractivity contribution in [1.29, 1.82) is 0 Å². The van der Waals surface area contributed by atoms with Gasteiger partial charge in [-0.25, -0.2) is 10.0 Å². The van der Waals surface area contributed by atoms with Crippen LogP contribution in [-0.4, -0.2) is 38.2 Å². The van der Waals surface area contributed by atoms with Gasteiger partial charge in [0.15, 0.2) is 17.2 Å². The Morgan fingerprint density at radius 1 is 1.11 bits per heavy atom. The van der Waals surface area contributed by atoms with Gasteiger partial charge in [0.05, 0.1) is 26.9 Å². The second kappa shape index (κ2) is 8.09. The van der Waals surface area contributed by atoms with E-state index in [9.17, 15) is 10.0 Å². The minimum absolute atomic E-state index is 0.104. The smallest absolute Gasteiger partial charge is 0.368 e. The Morgan fingerprint density at radius 3 is 2.36 bits per heavy atom. The highest BCUT2D eigenvalue weighted by Gasteiger charge is 2.29. The molecular formula is C19H18N2O7. The highest BCUT2D eigenvalue weighted by Crippen LogP contribution is 2.39. The first-order valence-corrected chi connectivity index (χ1v) is 8.13. The summed E-state index contributed by atoms with van der Waals surface area (Å²) in [7, 11) is 4.45. The number of carbonyl (C=O) groups excluding carboxylic acids is 1. The molecule has 146 valence electrons. The van der Waals surface area contributed by atoms with E-state index >= 15 is 0 Å². The average molecular weight is 386 g/mol. The molecule has 1 aliphatic rings. The number of hydrogen-bond donors (Lipinski definition) is 2. The monoisotopic (exact) mass is 386 g/mol. The number of ether oxygens (including phenoxy) is 3. The van der Waals surface area contributed by atoms with Crippen LogP contribution in [-0.2, 0) is 9.63 Å². The number of benzene rings is 2. The lowest BCUT2D eigenvalue weighted by Gasteiger charge is -2.14. The highest BCUT2D eigenvalue weighted by molar-refractivity contribution is 6.31. The molecule has 0 amide bonds. The first-order chi connectivity index (χ1) is 13.5. The van der Waals surface area contributed by atoms with E-state index in [1.807, 2.05) is 0 Å². The second-order valence-electron chi connectivity index (χ2n) is 5.72. The van der Waals surface area contributed by atoms with Crippen LogP contribution in [0, 0.1) is 5.21 Å². The number of nitrogens with one attached hydrogen (secondary N) is 1. The van der Waals surface area contributed by atoms with E-state index < -0.39 is 11.2 Å². The molecule has 1 atom stereocenters. The van der Waals surface area contributed by atoms with Crippen molar-refractivity contribution in [3.05, 3.63) is 58.3 Å². The van der Waals surface area contributed by atoms with Crippen molar-refractivity contribution < 1.29 is 34.3 Å². The van der Waals surface area contributed by atoms with E-state index in [2.05, 4.69) is 5.16 Å². The van der Waals surface area contributed by atoms with Gasteiger partial charge in [0.25, 0.3) is 0 Å². The number of hydrogen-bond acceptors (Lipinski definition) is 8. The molecule has 2 aromatic carbocycles. The van der Waals surface area contributed by atoms with Crippen LogP contribution in [0.3, 0.4) is 0 Å². The Labute approximate surface area is 160 Å². The zero-order chi connectivity index (χ0) is 20.3. The lowest BCUT2D eigenvalue weighted by Crippen LogP contribution is -2.99. The molecule has 0 fully saturated rings. The Hall–Kier alpha value is -3.40. The van der Waals surface area contributed by atoms with Crippen molar-refractivity contribution in [1.82, 2.24) is 0 Å². The van der Waals surface area contributed by atoms with Gasteiger partial charge in [0.1, 0.15) is 5.71 Å². The van der Waals surface area contributed by atoms with E-state index in [0.717, 1.165) is 0 Å². The van der Waals surface area contributed by atoms with Gasteiger partial charge in [-0.1, -0.05) is 17.3 Å². The number of methoxy groups -OCH3 is 3. The molecular weight excluding hydrogens is 368 g/mol. The summed E-state index contributed by atoms with van der Waals surface area (Å²) in [6.45, 7) is 0. The van der Waals surface area contributed by atoms with Crippen molar-refractivity contribution >= 4 is 23.4 Å². The van der Waals surface area contributed by atoms with Gasteiger partial charge in [0, 0.05) is 17.7 Å². The van der Waals surface area contributed by atoms with Crippen LogP contribution in [0.4, 0.5) is 5.69 Å². The Morgan fingerprint density at radius 2 is 1.79 bits per heavy atom. The molecule has 0 saturated heterocycles. The van der Waals surface area contributed by atoms with Crippen LogP contribution in [0.2, 0.25) is 0 Å². The van der Waals surface area contributed by atoms with E-state index in [0.29, 0.717) is 28.4 Å². The minimum atomic E-state index is -1.06. The molecule has 0 saturated carbocycles. The summed E-state index contributed by atoms with van der Waals surface area (Å²) in [5, 5.41) is 23.1. The third-order valence-corrected chi connectivity index (χ3v) is 4.08. The van der Waals surface area contributed by atoms with E-state index in [4.69, 9.17) is 24.3 Å².